The van der Waals surface area contributed by atoms with E-state index < -0.39 is 16.1 Å². The molecule has 0 aliphatic rings. The summed E-state index contributed by atoms with van der Waals surface area (Å²) in [7, 11) is -3.67. The first-order valence-corrected chi connectivity index (χ1v) is 12.2. The van der Waals surface area contributed by atoms with Crippen LogP contribution in [0.3, 0.4) is 0 Å². The standard InChI is InChI=1S/C19H22Cl2N2O3S2/c1-3-18(23(28(2,25)26)16-6-4-5-15(21)13-16)19(24)22-11-12-27-17-9-7-14(20)8-10-17/h4-10,13,18H,3,11-12H2,1-2H3,(H,22,24). The summed E-state index contributed by atoms with van der Waals surface area (Å²) in [6.07, 6.45) is 1.41. The van der Waals surface area contributed by atoms with Gasteiger partial charge in [0, 0.05) is 27.2 Å². The minimum Gasteiger partial charge on any atom is -0.353 e. The fourth-order valence-corrected chi connectivity index (χ4v) is 4.95. The maximum atomic E-state index is 12.7. The number of halogens is 2. The Hall–Kier alpha value is -1.41. The first kappa shape index (κ1) is 22.9. The zero-order chi connectivity index (χ0) is 20.7. The summed E-state index contributed by atoms with van der Waals surface area (Å²) in [5.41, 5.74) is 0.368. The highest BCUT2D eigenvalue weighted by Crippen LogP contribution is 2.25. The lowest BCUT2D eigenvalue weighted by molar-refractivity contribution is -0.122. The number of amides is 1. The van der Waals surface area contributed by atoms with E-state index in [0.717, 1.165) is 15.5 Å². The maximum Gasteiger partial charge on any atom is 0.243 e. The zero-order valence-corrected chi connectivity index (χ0v) is 18.7. The maximum absolute atomic E-state index is 12.7. The number of rotatable bonds is 9. The van der Waals surface area contributed by atoms with E-state index in [-0.39, 0.29) is 5.91 Å². The Morgan fingerprint density at radius 3 is 2.39 bits per heavy atom. The third kappa shape index (κ3) is 6.58. The topological polar surface area (TPSA) is 66.5 Å². The van der Waals surface area contributed by atoms with Gasteiger partial charge in [0.2, 0.25) is 15.9 Å². The lowest BCUT2D eigenvalue weighted by Gasteiger charge is -2.30. The molecule has 1 N–H and O–H groups in total. The molecule has 2 aromatic carbocycles. The number of thioether (sulfide) groups is 1. The lowest BCUT2D eigenvalue weighted by Crippen LogP contribution is -2.49. The van der Waals surface area contributed by atoms with Crippen LogP contribution in [-0.4, -0.2) is 38.9 Å². The largest absolute Gasteiger partial charge is 0.353 e. The second-order valence-corrected chi connectivity index (χ2v) is 9.96. The van der Waals surface area contributed by atoms with Crippen molar-refractivity contribution in [3.05, 3.63) is 58.6 Å². The van der Waals surface area contributed by atoms with E-state index in [1.807, 2.05) is 24.3 Å². The van der Waals surface area contributed by atoms with Crippen LogP contribution in [0.1, 0.15) is 13.3 Å². The SMILES string of the molecule is CCC(C(=O)NCCSc1ccc(Cl)cc1)N(c1cccc(Cl)c1)S(C)(=O)=O. The van der Waals surface area contributed by atoms with Crippen molar-refractivity contribution >= 4 is 56.6 Å². The molecule has 152 valence electrons. The highest BCUT2D eigenvalue weighted by atomic mass is 35.5. The van der Waals surface area contributed by atoms with Gasteiger partial charge in [-0.05, 0) is 48.9 Å². The molecule has 0 fully saturated rings. The Morgan fingerprint density at radius 2 is 1.82 bits per heavy atom. The molecule has 5 nitrogen and oxygen atoms in total. The quantitative estimate of drug-likeness (QED) is 0.443. The van der Waals surface area contributed by atoms with Crippen molar-refractivity contribution in [2.45, 2.75) is 24.3 Å². The first-order chi connectivity index (χ1) is 13.2. The van der Waals surface area contributed by atoms with Crippen LogP contribution in [0.2, 0.25) is 10.0 Å². The van der Waals surface area contributed by atoms with Crippen molar-refractivity contribution in [1.29, 1.82) is 0 Å². The van der Waals surface area contributed by atoms with Crippen molar-refractivity contribution in [3.8, 4) is 0 Å². The van der Waals surface area contributed by atoms with Gasteiger partial charge in [-0.15, -0.1) is 11.8 Å². The van der Waals surface area contributed by atoms with Crippen molar-refractivity contribution in [3.63, 3.8) is 0 Å². The van der Waals surface area contributed by atoms with Crippen LogP contribution in [0.5, 0.6) is 0 Å². The van der Waals surface area contributed by atoms with Crippen molar-refractivity contribution in [2.75, 3.05) is 22.9 Å². The molecule has 0 spiro atoms. The molecule has 28 heavy (non-hydrogen) atoms. The van der Waals surface area contributed by atoms with E-state index in [4.69, 9.17) is 23.2 Å². The van der Waals surface area contributed by atoms with Gasteiger partial charge in [-0.1, -0.05) is 36.2 Å². The summed E-state index contributed by atoms with van der Waals surface area (Å²) < 4.78 is 25.9. The van der Waals surface area contributed by atoms with Gasteiger partial charge in [-0.25, -0.2) is 8.42 Å². The fraction of sp³-hybridized carbons (Fsp3) is 0.316. The van der Waals surface area contributed by atoms with Crippen LogP contribution < -0.4 is 9.62 Å². The highest BCUT2D eigenvalue weighted by molar-refractivity contribution is 7.99. The van der Waals surface area contributed by atoms with E-state index in [1.54, 1.807) is 36.9 Å². The van der Waals surface area contributed by atoms with Gasteiger partial charge in [0.1, 0.15) is 6.04 Å². The van der Waals surface area contributed by atoms with Gasteiger partial charge >= 0.3 is 0 Å². The molecular weight excluding hydrogens is 439 g/mol. The number of carbonyl (C=O) groups excluding carboxylic acids is 1. The number of anilines is 1. The average Bonchev–Trinajstić information content (AvgIpc) is 2.63. The number of nitrogens with one attached hydrogen (secondary N) is 1. The molecule has 0 saturated carbocycles. The molecule has 0 bridgehead atoms. The van der Waals surface area contributed by atoms with E-state index in [0.29, 0.717) is 34.5 Å². The molecule has 0 aliphatic carbocycles. The smallest absolute Gasteiger partial charge is 0.243 e. The molecule has 1 amide bonds. The number of carbonyl (C=O) groups is 1. The Kier molecular flexibility index (Phi) is 8.49. The summed E-state index contributed by atoms with van der Waals surface area (Å²) in [6, 6.07) is 13.1. The van der Waals surface area contributed by atoms with E-state index in [1.165, 1.54) is 6.07 Å². The van der Waals surface area contributed by atoms with Gasteiger partial charge in [-0.3, -0.25) is 9.10 Å². The summed E-state index contributed by atoms with van der Waals surface area (Å²) in [5, 5.41) is 3.90. The summed E-state index contributed by atoms with van der Waals surface area (Å²) >= 11 is 13.4. The Bertz CT molecular complexity index is 906. The molecule has 0 saturated heterocycles. The van der Waals surface area contributed by atoms with Gasteiger partial charge < -0.3 is 5.32 Å². The van der Waals surface area contributed by atoms with Crippen LogP contribution in [0.25, 0.3) is 0 Å². The van der Waals surface area contributed by atoms with Crippen molar-refractivity contribution in [2.24, 2.45) is 0 Å². The van der Waals surface area contributed by atoms with Crippen molar-refractivity contribution in [1.82, 2.24) is 5.32 Å². The number of hydrogen-bond donors (Lipinski definition) is 1. The molecule has 2 aromatic rings. The fourth-order valence-electron chi connectivity index (χ4n) is 2.67. The van der Waals surface area contributed by atoms with Crippen LogP contribution in [0.15, 0.2) is 53.4 Å². The monoisotopic (exact) mass is 460 g/mol. The van der Waals surface area contributed by atoms with Crippen LogP contribution in [0.4, 0.5) is 5.69 Å². The number of sulfonamides is 1. The molecule has 1 atom stereocenters. The molecule has 0 radical (unpaired) electrons. The lowest BCUT2D eigenvalue weighted by atomic mass is 10.2. The molecular formula is C19H22Cl2N2O3S2. The molecule has 1 unspecified atom stereocenters. The highest BCUT2D eigenvalue weighted by Gasteiger charge is 2.31. The van der Waals surface area contributed by atoms with Crippen LogP contribution in [0, 0.1) is 0 Å². The third-order valence-electron chi connectivity index (χ3n) is 3.88. The number of hydrogen-bond acceptors (Lipinski definition) is 4. The number of benzene rings is 2. The average molecular weight is 461 g/mol. The molecule has 0 aromatic heterocycles. The van der Waals surface area contributed by atoms with Crippen molar-refractivity contribution < 1.29 is 13.2 Å². The third-order valence-corrected chi connectivity index (χ3v) is 6.56. The van der Waals surface area contributed by atoms with Gasteiger partial charge in [0.05, 0.1) is 11.9 Å². The molecule has 0 aliphatic heterocycles. The second kappa shape index (κ2) is 10.4. The number of nitrogens with zero attached hydrogens (tertiary/aromatic N) is 1. The first-order valence-electron chi connectivity index (χ1n) is 8.63. The Balaban J connectivity index is 2.04. The molecule has 2 rings (SSSR count). The Labute approximate surface area is 180 Å². The summed E-state index contributed by atoms with van der Waals surface area (Å²) in [4.78, 5) is 13.7. The van der Waals surface area contributed by atoms with E-state index in [2.05, 4.69) is 5.32 Å². The summed E-state index contributed by atoms with van der Waals surface area (Å²) in [5.74, 6) is 0.310. The minimum absolute atomic E-state index is 0.329. The van der Waals surface area contributed by atoms with E-state index in [9.17, 15) is 13.2 Å². The minimum atomic E-state index is -3.67. The predicted octanol–water partition coefficient (Wildman–Crippen LogP) is 4.45. The van der Waals surface area contributed by atoms with Gasteiger partial charge in [0.25, 0.3) is 0 Å². The molecule has 0 heterocycles. The normalized spacial score (nSPS) is 12.4. The van der Waals surface area contributed by atoms with E-state index >= 15 is 0 Å². The van der Waals surface area contributed by atoms with Gasteiger partial charge in [0.15, 0.2) is 0 Å². The predicted molar refractivity (Wildman–Crippen MR) is 118 cm³/mol. The zero-order valence-electron chi connectivity index (χ0n) is 15.6. The summed E-state index contributed by atoms with van der Waals surface area (Å²) in [6.45, 7) is 2.19. The Morgan fingerprint density at radius 1 is 1.14 bits per heavy atom. The van der Waals surface area contributed by atoms with Crippen LogP contribution >= 0.6 is 35.0 Å². The van der Waals surface area contributed by atoms with Crippen LogP contribution in [-0.2, 0) is 14.8 Å². The second-order valence-electron chi connectivity index (χ2n) is 6.06. The van der Waals surface area contributed by atoms with Gasteiger partial charge in [-0.2, -0.15) is 0 Å². The molecule has 9 heteroatoms.